The van der Waals surface area contributed by atoms with Gasteiger partial charge < -0.3 is 14.5 Å². The van der Waals surface area contributed by atoms with Gasteiger partial charge in [0.05, 0.1) is 24.3 Å². The van der Waals surface area contributed by atoms with E-state index in [0.29, 0.717) is 41.3 Å². The number of amides is 1. The Kier molecular flexibility index (Phi) is 7.70. The Morgan fingerprint density at radius 2 is 2.00 bits per heavy atom. The van der Waals surface area contributed by atoms with Crippen molar-refractivity contribution in [2.45, 2.75) is 18.5 Å². The molecule has 170 valence electrons. The third-order valence-electron chi connectivity index (χ3n) is 4.74. The van der Waals surface area contributed by atoms with E-state index in [9.17, 15) is 4.79 Å². The van der Waals surface area contributed by atoms with E-state index in [2.05, 4.69) is 15.5 Å². The molecule has 0 fully saturated rings. The number of ether oxygens (including phenoxy) is 1. The maximum absolute atomic E-state index is 12.4. The predicted octanol–water partition coefficient (Wildman–Crippen LogP) is 5.03. The fourth-order valence-corrected chi connectivity index (χ4v) is 4.23. The number of hydrogen-bond acceptors (Lipinski definition) is 6. The summed E-state index contributed by atoms with van der Waals surface area (Å²) in [4.78, 5) is 12.4. The summed E-state index contributed by atoms with van der Waals surface area (Å²) in [5.74, 6) is 2.07. The van der Waals surface area contributed by atoms with Gasteiger partial charge in [-0.2, -0.15) is 0 Å². The largest absolute Gasteiger partial charge is 0.494 e. The van der Waals surface area contributed by atoms with Crippen LogP contribution in [-0.2, 0) is 11.2 Å². The van der Waals surface area contributed by atoms with Crippen LogP contribution in [0.4, 0.5) is 0 Å². The highest BCUT2D eigenvalue weighted by Gasteiger charge is 2.19. The highest BCUT2D eigenvalue weighted by molar-refractivity contribution is 7.99. The van der Waals surface area contributed by atoms with Crippen molar-refractivity contribution in [2.75, 3.05) is 18.9 Å². The molecule has 0 spiro atoms. The predicted molar refractivity (Wildman–Crippen MR) is 129 cm³/mol. The van der Waals surface area contributed by atoms with E-state index in [1.165, 1.54) is 11.8 Å². The van der Waals surface area contributed by atoms with E-state index >= 15 is 0 Å². The number of rotatable bonds is 10. The molecule has 33 heavy (non-hydrogen) atoms. The van der Waals surface area contributed by atoms with Crippen LogP contribution in [-0.4, -0.2) is 39.6 Å². The lowest BCUT2D eigenvalue weighted by molar-refractivity contribution is -0.118. The molecule has 0 radical (unpaired) electrons. The van der Waals surface area contributed by atoms with Crippen LogP contribution in [0.25, 0.3) is 17.3 Å². The van der Waals surface area contributed by atoms with Crippen LogP contribution in [0.3, 0.4) is 0 Å². The van der Waals surface area contributed by atoms with Gasteiger partial charge in [-0.25, -0.2) is 0 Å². The Morgan fingerprint density at radius 1 is 1.15 bits per heavy atom. The third-order valence-corrected chi connectivity index (χ3v) is 5.90. The summed E-state index contributed by atoms with van der Waals surface area (Å²) in [6, 6.07) is 18.9. The fourth-order valence-electron chi connectivity index (χ4n) is 3.24. The van der Waals surface area contributed by atoms with Gasteiger partial charge in [-0.1, -0.05) is 35.5 Å². The normalized spacial score (nSPS) is 10.8. The number of nitrogens with zero attached hydrogens (tertiary/aromatic N) is 3. The topological polar surface area (TPSA) is 82.2 Å². The lowest BCUT2D eigenvalue weighted by Crippen LogP contribution is -2.27. The lowest BCUT2D eigenvalue weighted by atomic mass is 10.1. The Balaban J connectivity index is 1.44. The van der Waals surface area contributed by atoms with E-state index in [1.54, 1.807) is 12.3 Å². The van der Waals surface area contributed by atoms with Gasteiger partial charge in [-0.3, -0.25) is 9.36 Å². The molecule has 7 nitrogen and oxygen atoms in total. The van der Waals surface area contributed by atoms with E-state index in [-0.39, 0.29) is 11.7 Å². The molecule has 4 rings (SSSR count). The molecule has 9 heteroatoms. The highest BCUT2D eigenvalue weighted by Crippen LogP contribution is 2.29. The molecule has 0 aliphatic rings. The molecule has 1 amide bonds. The third kappa shape index (κ3) is 5.97. The maximum Gasteiger partial charge on any atom is 0.230 e. The minimum atomic E-state index is -0.0807. The summed E-state index contributed by atoms with van der Waals surface area (Å²) in [6.45, 7) is 3.07. The number of carbonyl (C=O) groups is 1. The summed E-state index contributed by atoms with van der Waals surface area (Å²) in [6.07, 6.45) is 2.30. The lowest BCUT2D eigenvalue weighted by Gasteiger charge is -2.10. The second-order valence-corrected chi connectivity index (χ2v) is 8.44. The first-order valence-electron chi connectivity index (χ1n) is 10.5. The number of nitrogens with one attached hydrogen (secondary N) is 1. The summed E-state index contributed by atoms with van der Waals surface area (Å²) in [5.41, 5.74) is 1.92. The van der Waals surface area contributed by atoms with E-state index in [4.69, 9.17) is 20.8 Å². The van der Waals surface area contributed by atoms with Gasteiger partial charge in [0.1, 0.15) is 5.75 Å². The number of thioether (sulfide) groups is 1. The SMILES string of the molecule is CCOc1ccc(-n2c(SCC(=O)NCCc3cccc(Cl)c3)nnc2-c2ccco2)cc1. The average Bonchev–Trinajstić information content (AvgIpc) is 3.48. The molecule has 0 aliphatic heterocycles. The second-order valence-electron chi connectivity index (χ2n) is 7.06. The van der Waals surface area contributed by atoms with Crippen LogP contribution in [0.5, 0.6) is 5.75 Å². The number of hydrogen-bond donors (Lipinski definition) is 1. The van der Waals surface area contributed by atoms with E-state index in [0.717, 1.165) is 17.0 Å². The van der Waals surface area contributed by atoms with Crippen molar-refractivity contribution in [3.8, 4) is 23.0 Å². The number of benzene rings is 2. The Bertz CT molecular complexity index is 1190. The van der Waals surface area contributed by atoms with Crippen LogP contribution >= 0.6 is 23.4 Å². The van der Waals surface area contributed by atoms with Gasteiger partial charge in [0.25, 0.3) is 0 Å². The monoisotopic (exact) mass is 482 g/mol. The van der Waals surface area contributed by atoms with Crippen molar-refractivity contribution in [3.05, 3.63) is 77.5 Å². The van der Waals surface area contributed by atoms with E-state index in [1.807, 2.05) is 66.1 Å². The van der Waals surface area contributed by atoms with Gasteiger partial charge in [-0.15, -0.1) is 10.2 Å². The fraction of sp³-hybridized carbons (Fsp3) is 0.208. The van der Waals surface area contributed by atoms with Gasteiger partial charge in [0.2, 0.25) is 11.7 Å². The Labute approximate surface area is 201 Å². The van der Waals surface area contributed by atoms with Gasteiger partial charge in [-0.05, 0) is 67.4 Å². The Hall–Kier alpha value is -3.23. The summed E-state index contributed by atoms with van der Waals surface area (Å²) >= 11 is 7.33. The van der Waals surface area contributed by atoms with Crippen molar-refractivity contribution < 1.29 is 13.9 Å². The summed E-state index contributed by atoms with van der Waals surface area (Å²) in [7, 11) is 0. The summed E-state index contributed by atoms with van der Waals surface area (Å²) in [5, 5.41) is 12.8. The van der Waals surface area contributed by atoms with Crippen LogP contribution in [0.1, 0.15) is 12.5 Å². The number of halogens is 1. The number of carbonyl (C=O) groups excluding carboxylic acids is 1. The first kappa shape index (κ1) is 22.9. The molecular weight excluding hydrogens is 460 g/mol. The van der Waals surface area contributed by atoms with Crippen LogP contribution in [0.15, 0.2) is 76.5 Å². The molecule has 1 N–H and O–H groups in total. The van der Waals surface area contributed by atoms with Crippen LogP contribution in [0.2, 0.25) is 5.02 Å². The van der Waals surface area contributed by atoms with Crippen molar-refractivity contribution in [1.29, 1.82) is 0 Å². The molecule has 0 aliphatic carbocycles. The zero-order chi connectivity index (χ0) is 23.0. The number of aromatic nitrogens is 3. The molecule has 2 heterocycles. The minimum Gasteiger partial charge on any atom is -0.494 e. The molecule has 0 unspecified atom stereocenters. The average molecular weight is 483 g/mol. The molecule has 0 atom stereocenters. The highest BCUT2D eigenvalue weighted by atomic mass is 35.5. The van der Waals surface area contributed by atoms with Crippen LogP contribution in [0, 0.1) is 0 Å². The second kappa shape index (κ2) is 11.1. The number of furan rings is 1. The van der Waals surface area contributed by atoms with Gasteiger partial charge >= 0.3 is 0 Å². The van der Waals surface area contributed by atoms with Crippen molar-refractivity contribution >= 4 is 29.3 Å². The first-order chi connectivity index (χ1) is 16.1. The Morgan fingerprint density at radius 3 is 2.73 bits per heavy atom. The van der Waals surface area contributed by atoms with Crippen molar-refractivity contribution in [3.63, 3.8) is 0 Å². The maximum atomic E-state index is 12.4. The van der Waals surface area contributed by atoms with Gasteiger partial charge in [0.15, 0.2) is 10.9 Å². The standard InChI is InChI=1S/C24H23ClN4O3S/c1-2-31-20-10-8-19(9-11-20)29-23(21-7-4-14-32-21)27-28-24(29)33-16-22(30)26-13-12-17-5-3-6-18(25)15-17/h3-11,14-15H,2,12-13,16H2,1H3,(H,26,30). The molecule has 0 bridgehead atoms. The molecule has 4 aromatic rings. The molecular formula is C24H23ClN4O3S. The quantitative estimate of drug-likeness (QED) is 0.319. The van der Waals surface area contributed by atoms with Crippen molar-refractivity contribution in [2.24, 2.45) is 0 Å². The first-order valence-corrected chi connectivity index (χ1v) is 11.9. The molecule has 2 aromatic heterocycles. The molecule has 0 saturated carbocycles. The van der Waals surface area contributed by atoms with Gasteiger partial charge in [0, 0.05) is 11.6 Å². The smallest absolute Gasteiger partial charge is 0.230 e. The summed E-state index contributed by atoms with van der Waals surface area (Å²) < 4.78 is 13.0. The zero-order valence-corrected chi connectivity index (χ0v) is 19.6. The molecule has 2 aromatic carbocycles. The van der Waals surface area contributed by atoms with Crippen LogP contribution < -0.4 is 10.1 Å². The zero-order valence-electron chi connectivity index (χ0n) is 18.0. The minimum absolute atomic E-state index is 0.0807. The van der Waals surface area contributed by atoms with Crippen molar-refractivity contribution in [1.82, 2.24) is 20.1 Å². The van der Waals surface area contributed by atoms with E-state index < -0.39 is 0 Å². The molecule has 0 saturated heterocycles.